The van der Waals surface area contributed by atoms with Crippen molar-refractivity contribution in [2.45, 2.75) is 71.7 Å². The molecule has 0 saturated carbocycles. The maximum Gasteiger partial charge on any atom is 0.407 e. The molecule has 0 radical (unpaired) electrons. The number of benzene rings is 1. The molecule has 31 heavy (non-hydrogen) atoms. The molecule has 0 aliphatic carbocycles. The second-order valence-corrected chi connectivity index (χ2v) is 9.37. The van der Waals surface area contributed by atoms with Crippen LogP contribution in [0, 0.1) is 0 Å². The molecule has 0 bridgehead atoms. The van der Waals surface area contributed by atoms with Crippen molar-refractivity contribution in [3.63, 3.8) is 0 Å². The van der Waals surface area contributed by atoms with E-state index in [1.807, 2.05) is 39.8 Å². The lowest BCUT2D eigenvalue weighted by Crippen LogP contribution is -2.37. The number of nitrogens with zero attached hydrogens (tertiary/aromatic N) is 2. The molecule has 2 rings (SSSR count). The van der Waals surface area contributed by atoms with Crippen molar-refractivity contribution in [3.05, 3.63) is 47.8 Å². The van der Waals surface area contributed by atoms with Crippen molar-refractivity contribution in [2.75, 3.05) is 11.9 Å². The minimum atomic E-state index is -1.50. The first-order valence-corrected chi connectivity index (χ1v) is 10.5. The Kier molecular flexibility index (Phi) is 7.52. The predicted molar refractivity (Wildman–Crippen MR) is 122 cm³/mol. The second kappa shape index (κ2) is 9.54. The molecule has 1 amide bonds. The summed E-state index contributed by atoms with van der Waals surface area (Å²) in [6, 6.07) is 7.12. The van der Waals surface area contributed by atoms with E-state index < -0.39 is 17.4 Å². The van der Waals surface area contributed by atoms with Crippen molar-refractivity contribution < 1.29 is 19.0 Å². The van der Waals surface area contributed by atoms with Gasteiger partial charge in [-0.15, -0.1) is 0 Å². The maximum absolute atomic E-state index is 14.3. The van der Waals surface area contributed by atoms with Gasteiger partial charge in [-0.3, -0.25) is 4.98 Å². The number of alkyl carbamates (subject to hydrolysis) is 1. The van der Waals surface area contributed by atoms with E-state index in [9.17, 15) is 14.3 Å². The largest absolute Gasteiger partial charge is 0.506 e. The normalized spacial score (nSPS) is 12.9. The number of phenols is 1. The van der Waals surface area contributed by atoms with Gasteiger partial charge in [0.25, 0.3) is 0 Å². The van der Waals surface area contributed by atoms with Crippen LogP contribution in [-0.4, -0.2) is 34.9 Å². The fraction of sp³-hybridized carbons (Fsp3) is 0.500. The Hall–Kier alpha value is -2.83. The third kappa shape index (κ3) is 7.42. The number of amides is 1. The number of carbonyl (C=O) groups excluding carboxylic acids is 1. The van der Waals surface area contributed by atoms with Gasteiger partial charge in [-0.25, -0.2) is 9.18 Å². The van der Waals surface area contributed by atoms with Crippen LogP contribution in [-0.2, 0) is 16.8 Å². The summed E-state index contributed by atoms with van der Waals surface area (Å²) < 4.78 is 19.5. The van der Waals surface area contributed by atoms with Crippen molar-refractivity contribution >= 4 is 17.5 Å². The van der Waals surface area contributed by atoms with E-state index in [1.165, 1.54) is 20.0 Å². The average Bonchev–Trinajstić information content (AvgIpc) is 2.64. The first-order valence-electron chi connectivity index (χ1n) is 10.5. The number of anilines is 2. The number of phenolic OH excluding ortho intramolecular Hbond substituents is 1. The van der Waals surface area contributed by atoms with Crippen LogP contribution < -0.4 is 10.2 Å². The molecule has 0 saturated heterocycles. The summed E-state index contributed by atoms with van der Waals surface area (Å²) in [6.07, 6.45) is 4.08. The number of pyridine rings is 1. The van der Waals surface area contributed by atoms with Gasteiger partial charge in [0.05, 0.1) is 17.6 Å². The van der Waals surface area contributed by atoms with E-state index in [-0.39, 0.29) is 11.8 Å². The molecule has 1 unspecified atom stereocenters. The van der Waals surface area contributed by atoms with Crippen molar-refractivity contribution in [3.8, 4) is 5.75 Å². The summed E-state index contributed by atoms with van der Waals surface area (Å²) in [5.41, 5.74) is 0.663. The highest BCUT2D eigenvalue weighted by molar-refractivity contribution is 5.69. The van der Waals surface area contributed by atoms with E-state index in [2.05, 4.69) is 10.3 Å². The summed E-state index contributed by atoms with van der Waals surface area (Å²) in [5, 5.41) is 13.4. The third-order valence-corrected chi connectivity index (χ3v) is 4.83. The number of alkyl halides is 1. The Morgan fingerprint density at radius 2 is 1.90 bits per heavy atom. The molecule has 2 aromatic rings. The number of rotatable bonds is 7. The summed E-state index contributed by atoms with van der Waals surface area (Å²) in [5.74, 6) is 0.123. The van der Waals surface area contributed by atoms with Crippen LogP contribution in [0.3, 0.4) is 0 Å². The minimum absolute atomic E-state index is 0.0720. The number of aromatic nitrogens is 1. The Labute approximate surface area is 184 Å². The van der Waals surface area contributed by atoms with Gasteiger partial charge in [-0.1, -0.05) is 6.07 Å². The molecular weight excluding hydrogens is 397 g/mol. The quantitative estimate of drug-likeness (QED) is 0.596. The van der Waals surface area contributed by atoms with Crippen LogP contribution in [0.1, 0.15) is 59.1 Å². The zero-order valence-electron chi connectivity index (χ0n) is 19.5. The van der Waals surface area contributed by atoms with E-state index in [0.717, 1.165) is 5.56 Å². The number of hydrogen-bond acceptors (Lipinski definition) is 5. The highest BCUT2D eigenvalue weighted by Crippen LogP contribution is 2.34. The lowest BCUT2D eigenvalue weighted by atomic mass is 10.0. The summed E-state index contributed by atoms with van der Waals surface area (Å²) >= 11 is 0. The molecule has 0 aliphatic heterocycles. The molecule has 1 aromatic carbocycles. The molecule has 0 aliphatic rings. The highest BCUT2D eigenvalue weighted by atomic mass is 19.1. The van der Waals surface area contributed by atoms with Gasteiger partial charge in [0.15, 0.2) is 0 Å². The molecule has 0 fully saturated rings. The number of nitrogens with one attached hydrogen (secondary N) is 1. The first kappa shape index (κ1) is 24.4. The minimum Gasteiger partial charge on any atom is -0.506 e. The van der Waals surface area contributed by atoms with Crippen molar-refractivity contribution in [2.24, 2.45) is 0 Å². The predicted octanol–water partition coefficient (Wildman–Crippen LogP) is 5.61. The lowest BCUT2D eigenvalue weighted by Gasteiger charge is -2.23. The lowest BCUT2D eigenvalue weighted by molar-refractivity contribution is 0.0506. The van der Waals surface area contributed by atoms with Gasteiger partial charge in [0.2, 0.25) is 0 Å². The topological polar surface area (TPSA) is 74.7 Å². The number of ether oxygens (including phenoxy) is 1. The smallest absolute Gasteiger partial charge is 0.407 e. The molecule has 1 heterocycles. The molecule has 7 heteroatoms. The van der Waals surface area contributed by atoms with Gasteiger partial charge in [-0.2, -0.15) is 0 Å². The molecule has 6 nitrogen and oxygen atoms in total. The maximum atomic E-state index is 14.3. The number of hydrogen-bond donors (Lipinski definition) is 2. The van der Waals surface area contributed by atoms with E-state index in [4.69, 9.17) is 4.74 Å². The monoisotopic (exact) mass is 431 g/mol. The Balaban J connectivity index is 2.03. The van der Waals surface area contributed by atoms with E-state index in [1.54, 1.807) is 30.3 Å². The number of aryl methyl sites for hydroxylation is 1. The van der Waals surface area contributed by atoms with Gasteiger partial charge in [0.1, 0.15) is 17.0 Å². The molecule has 0 spiro atoms. The zero-order valence-corrected chi connectivity index (χ0v) is 19.5. The van der Waals surface area contributed by atoms with Gasteiger partial charge < -0.3 is 20.1 Å². The Morgan fingerprint density at radius 1 is 1.23 bits per heavy atom. The van der Waals surface area contributed by atoms with Crippen LogP contribution in [0.2, 0.25) is 0 Å². The van der Waals surface area contributed by atoms with Crippen LogP contribution >= 0.6 is 0 Å². The second-order valence-electron chi connectivity index (χ2n) is 9.37. The summed E-state index contributed by atoms with van der Waals surface area (Å²) in [6.45, 7) is 10.4. The average molecular weight is 432 g/mol. The number of halogens is 1. The standard InChI is InChI=1S/C24H34FN3O3/c1-16(27-22(30)31-23(2,3)4)8-9-17-10-11-20(21(29)12-17)28(7)19-13-18(14-26-15-19)24(5,6)25/h10-16,29H,8-9H2,1-7H3,(H,27,30). The first-order chi connectivity index (χ1) is 14.3. The van der Waals surface area contributed by atoms with Crippen LogP contribution in [0.4, 0.5) is 20.6 Å². The SMILES string of the molecule is CC(CCc1ccc(N(C)c2cncc(C(C)(C)F)c2)c(O)c1)NC(=O)OC(C)(C)C. The van der Waals surface area contributed by atoms with E-state index >= 15 is 0 Å². The summed E-state index contributed by atoms with van der Waals surface area (Å²) in [7, 11) is 1.80. The van der Waals surface area contributed by atoms with Gasteiger partial charge >= 0.3 is 6.09 Å². The van der Waals surface area contributed by atoms with Crippen LogP contribution in [0.5, 0.6) is 5.75 Å². The fourth-order valence-electron chi connectivity index (χ4n) is 3.05. The van der Waals surface area contributed by atoms with Crippen LogP contribution in [0.15, 0.2) is 36.7 Å². The Morgan fingerprint density at radius 3 is 2.48 bits per heavy atom. The molecular formula is C24H34FN3O3. The summed E-state index contributed by atoms with van der Waals surface area (Å²) in [4.78, 5) is 17.8. The van der Waals surface area contributed by atoms with E-state index in [0.29, 0.717) is 29.8 Å². The highest BCUT2D eigenvalue weighted by Gasteiger charge is 2.21. The molecule has 1 atom stereocenters. The molecule has 1 aromatic heterocycles. The zero-order chi connectivity index (χ0) is 23.4. The third-order valence-electron chi connectivity index (χ3n) is 4.83. The number of carbonyl (C=O) groups is 1. The van der Waals surface area contributed by atoms with Crippen molar-refractivity contribution in [1.82, 2.24) is 10.3 Å². The van der Waals surface area contributed by atoms with Crippen LogP contribution in [0.25, 0.3) is 0 Å². The Bertz CT molecular complexity index is 904. The number of aromatic hydroxyl groups is 1. The molecule has 2 N–H and O–H groups in total. The molecule has 170 valence electrons. The fourth-order valence-corrected chi connectivity index (χ4v) is 3.05. The van der Waals surface area contributed by atoms with Gasteiger partial charge in [-0.05, 0) is 78.1 Å². The van der Waals surface area contributed by atoms with Crippen molar-refractivity contribution in [1.29, 1.82) is 0 Å². The van der Waals surface area contributed by atoms with Gasteiger partial charge in [0, 0.05) is 24.8 Å².